The number of hydrogen-bond donors (Lipinski definition) is 0. The molecule has 2 nitrogen and oxygen atoms in total. The minimum absolute atomic E-state index is 0.212. The van der Waals surface area contributed by atoms with Crippen molar-refractivity contribution in [1.29, 1.82) is 0 Å². The molecule has 1 aliphatic heterocycles. The van der Waals surface area contributed by atoms with Gasteiger partial charge in [-0.1, -0.05) is 37.1 Å². The van der Waals surface area contributed by atoms with E-state index in [0.29, 0.717) is 24.2 Å². The molecule has 4 rings (SSSR count). The molecule has 1 heterocycles. The minimum Gasteiger partial charge on any atom is -0.493 e. The molecule has 2 aliphatic rings. The molecule has 31 heavy (non-hydrogen) atoms. The van der Waals surface area contributed by atoms with Crippen LogP contribution >= 0.6 is 11.6 Å². The van der Waals surface area contributed by atoms with Gasteiger partial charge in [0.05, 0.1) is 12.2 Å². The predicted octanol–water partition coefficient (Wildman–Crippen LogP) is 6.82. The number of rotatable bonds is 6. The summed E-state index contributed by atoms with van der Waals surface area (Å²) in [5, 5.41) is 0.769. The summed E-state index contributed by atoms with van der Waals surface area (Å²) in [5.74, 6) is 1.38. The summed E-state index contributed by atoms with van der Waals surface area (Å²) >= 11 is 6.09. The van der Waals surface area contributed by atoms with E-state index in [0.717, 1.165) is 43.2 Å². The van der Waals surface area contributed by atoms with Crippen molar-refractivity contribution in [3.8, 4) is 5.75 Å². The SMILES string of the molecule is C[C@H]1CCN(CC2(c3ccc(Cl)cc3)CCC2)C[C@@H]1COc1ccc(C(F)(F)F)cc1. The third-order valence-electron chi connectivity index (χ3n) is 7.14. The van der Waals surface area contributed by atoms with E-state index in [-0.39, 0.29) is 5.41 Å². The Morgan fingerprint density at radius 2 is 1.74 bits per heavy atom. The van der Waals surface area contributed by atoms with Crippen molar-refractivity contribution in [3.63, 3.8) is 0 Å². The van der Waals surface area contributed by atoms with Crippen LogP contribution in [0.3, 0.4) is 0 Å². The van der Waals surface area contributed by atoms with Crippen molar-refractivity contribution >= 4 is 11.6 Å². The van der Waals surface area contributed by atoms with Crippen LogP contribution in [0.15, 0.2) is 48.5 Å². The molecule has 168 valence electrons. The molecule has 0 N–H and O–H groups in total. The van der Waals surface area contributed by atoms with Crippen LogP contribution in [0.1, 0.15) is 43.7 Å². The molecule has 2 atom stereocenters. The van der Waals surface area contributed by atoms with Crippen LogP contribution in [0.5, 0.6) is 5.75 Å². The third kappa shape index (κ3) is 5.20. The summed E-state index contributed by atoms with van der Waals surface area (Å²) in [4.78, 5) is 2.55. The Labute approximate surface area is 187 Å². The molecule has 1 aliphatic carbocycles. The Kier molecular flexibility index (Phi) is 6.55. The largest absolute Gasteiger partial charge is 0.493 e. The van der Waals surface area contributed by atoms with Gasteiger partial charge in [-0.05, 0) is 73.7 Å². The number of nitrogens with zero attached hydrogens (tertiary/aromatic N) is 1. The van der Waals surface area contributed by atoms with E-state index in [2.05, 4.69) is 24.0 Å². The highest BCUT2D eigenvalue weighted by atomic mass is 35.5. The molecule has 0 unspecified atom stereocenters. The molecule has 0 aromatic heterocycles. The van der Waals surface area contributed by atoms with Gasteiger partial charge in [-0.3, -0.25) is 0 Å². The van der Waals surface area contributed by atoms with Gasteiger partial charge in [0.2, 0.25) is 0 Å². The highest BCUT2D eigenvalue weighted by Gasteiger charge is 2.41. The van der Waals surface area contributed by atoms with Crippen molar-refractivity contribution in [1.82, 2.24) is 4.90 Å². The number of likely N-dealkylation sites (tertiary alicyclic amines) is 1. The molecule has 1 saturated carbocycles. The van der Waals surface area contributed by atoms with Crippen LogP contribution in [-0.2, 0) is 11.6 Å². The van der Waals surface area contributed by atoms with Crippen LogP contribution in [0.2, 0.25) is 5.02 Å². The number of ether oxygens (including phenoxy) is 1. The smallest absolute Gasteiger partial charge is 0.416 e. The first-order valence-electron chi connectivity index (χ1n) is 11.0. The third-order valence-corrected chi connectivity index (χ3v) is 7.39. The van der Waals surface area contributed by atoms with E-state index in [1.54, 1.807) is 0 Å². The van der Waals surface area contributed by atoms with Crippen LogP contribution in [0.4, 0.5) is 13.2 Å². The normalized spacial score (nSPS) is 23.9. The lowest BCUT2D eigenvalue weighted by molar-refractivity contribution is -0.137. The maximum Gasteiger partial charge on any atom is 0.416 e. The maximum atomic E-state index is 12.7. The molecule has 6 heteroatoms. The summed E-state index contributed by atoms with van der Waals surface area (Å²) in [7, 11) is 0. The fourth-order valence-corrected chi connectivity index (χ4v) is 5.03. The van der Waals surface area contributed by atoms with Gasteiger partial charge in [-0.15, -0.1) is 0 Å². The van der Waals surface area contributed by atoms with E-state index >= 15 is 0 Å². The topological polar surface area (TPSA) is 12.5 Å². The zero-order chi connectivity index (χ0) is 22.1. The lowest BCUT2D eigenvalue weighted by atomic mass is 9.64. The maximum absolute atomic E-state index is 12.7. The second-order valence-electron chi connectivity index (χ2n) is 9.24. The van der Waals surface area contributed by atoms with E-state index in [9.17, 15) is 13.2 Å². The first-order valence-corrected chi connectivity index (χ1v) is 11.4. The summed E-state index contributed by atoms with van der Waals surface area (Å²) < 4.78 is 44.1. The number of hydrogen-bond acceptors (Lipinski definition) is 2. The molecule has 0 bridgehead atoms. The van der Waals surface area contributed by atoms with Gasteiger partial charge in [0.25, 0.3) is 0 Å². The monoisotopic (exact) mass is 451 g/mol. The number of halogens is 4. The Morgan fingerprint density at radius 3 is 2.32 bits per heavy atom. The molecule has 0 spiro atoms. The van der Waals surface area contributed by atoms with Gasteiger partial charge in [0.1, 0.15) is 5.75 Å². The average Bonchev–Trinajstić information content (AvgIpc) is 2.71. The highest BCUT2D eigenvalue weighted by Crippen LogP contribution is 2.45. The molecule has 1 saturated heterocycles. The van der Waals surface area contributed by atoms with E-state index < -0.39 is 11.7 Å². The van der Waals surface area contributed by atoms with Crippen LogP contribution < -0.4 is 4.74 Å². The van der Waals surface area contributed by atoms with Gasteiger partial charge in [0, 0.05) is 29.4 Å². The molecule has 0 amide bonds. The van der Waals surface area contributed by atoms with Crippen molar-refractivity contribution in [3.05, 3.63) is 64.7 Å². The minimum atomic E-state index is -4.32. The van der Waals surface area contributed by atoms with Gasteiger partial charge < -0.3 is 9.64 Å². The lowest BCUT2D eigenvalue weighted by Crippen LogP contribution is -2.50. The molecular formula is C25H29ClF3NO. The molecule has 2 aromatic carbocycles. The lowest BCUT2D eigenvalue weighted by Gasteiger charge is -2.48. The quantitative estimate of drug-likeness (QED) is 0.478. The van der Waals surface area contributed by atoms with Crippen molar-refractivity contribution < 1.29 is 17.9 Å². The zero-order valence-corrected chi connectivity index (χ0v) is 18.6. The molecule has 2 fully saturated rings. The molecular weight excluding hydrogens is 423 g/mol. The highest BCUT2D eigenvalue weighted by molar-refractivity contribution is 6.30. The van der Waals surface area contributed by atoms with Crippen LogP contribution in [0, 0.1) is 11.8 Å². The van der Waals surface area contributed by atoms with Crippen molar-refractivity contribution in [2.24, 2.45) is 11.8 Å². The van der Waals surface area contributed by atoms with Crippen molar-refractivity contribution in [2.45, 2.75) is 44.2 Å². The van der Waals surface area contributed by atoms with E-state index in [4.69, 9.17) is 16.3 Å². The van der Waals surface area contributed by atoms with Crippen molar-refractivity contribution in [2.75, 3.05) is 26.2 Å². The average molecular weight is 452 g/mol. The van der Waals surface area contributed by atoms with E-state index in [1.165, 1.54) is 37.0 Å². The van der Waals surface area contributed by atoms with Gasteiger partial charge in [0.15, 0.2) is 0 Å². The second-order valence-corrected chi connectivity index (χ2v) is 9.67. The predicted molar refractivity (Wildman–Crippen MR) is 118 cm³/mol. The fraction of sp³-hybridized carbons (Fsp3) is 0.520. The van der Waals surface area contributed by atoms with Crippen LogP contribution in [0.25, 0.3) is 0 Å². The number of benzene rings is 2. The van der Waals surface area contributed by atoms with E-state index in [1.807, 2.05) is 12.1 Å². The Bertz CT molecular complexity index is 862. The van der Waals surface area contributed by atoms with Crippen LogP contribution in [-0.4, -0.2) is 31.1 Å². The Balaban J connectivity index is 1.36. The first-order chi connectivity index (χ1) is 14.7. The first kappa shape index (κ1) is 22.5. The zero-order valence-electron chi connectivity index (χ0n) is 17.8. The summed E-state index contributed by atoms with van der Waals surface area (Å²) in [6, 6.07) is 13.3. The Hall–Kier alpha value is -1.72. The molecule has 2 aromatic rings. The van der Waals surface area contributed by atoms with Gasteiger partial charge in [-0.25, -0.2) is 0 Å². The van der Waals surface area contributed by atoms with Gasteiger partial charge in [-0.2, -0.15) is 13.2 Å². The second kappa shape index (κ2) is 9.03. The fourth-order valence-electron chi connectivity index (χ4n) is 4.90. The van der Waals surface area contributed by atoms with Gasteiger partial charge >= 0.3 is 6.18 Å². The summed E-state index contributed by atoms with van der Waals surface area (Å²) in [5.41, 5.74) is 0.939. The number of alkyl halides is 3. The molecule has 0 radical (unpaired) electrons. The summed E-state index contributed by atoms with van der Waals surface area (Å²) in [6.07, 6.45) is 0.449. The Morgan fingerprint density at radius 1 is 1.06 bits per heavy atom. The number of piperidine rings is 1. The summed E-state index contributed by atoms with van der Waals surface area (Å²) in [6.45, 7) is 5.84. The standard InChI is InChI=1S/C25H29ClF3NO/c1-18-11-14-30(17-24(12-2-13-24)20-3-7-22(26)8-4-20)15-19(18)16-31-23-9-5-21(6-10-23)25(27,28)29/h3-10,18-19H,2,11-17H2,1H3/t18-,19+/m0/s1.